The first-order chi connectivity index (χ1) is 7.50. The highest BCUT2D eigenvalue weighted by Gasteiger charge is 2.35. The summed E-state index contributed by atoms with van der Waals surface area (Å²) in [7, 11) is 0. The number of nitrogens with two attached hydrogens (primary N) is 1. The summed E-state index contributed by atoms with van der Waals surface area (Å²) in [6, 6.07) is 0.321. The van der Waals surface area contributed by atoms with Gasteiger partial charge in [0, 0.05) is 6.04 Å². The van der Waals surface area contributed by atoms with Gasteiger partial charge >= 0.3 is 0 Å². The fourth-order valence-corrected chi connectivity index (χ4v) is 2.28. The topological polar surface area (TPSA) is 55.1 Å². The Hall–Kier alpha value is -0.640. The van der Waals surface area contributed by atoms with E-state index < -0.39 is 5.41 Å². The highest BCUT2D eigenvalue weighted by atomic mass is 32.1. The molecule has 0 spiro atoms. The number of nitrogens with one attached hydrogen (secondary N) is 1. The molecule has 3 nitrogen and oxygen atoms in total. The minimum Gasteiger partial charge on any atom is -0.392 e. The van der Waals surface area contributed by atoms with Crippen molar-refractivity contribution in [1.82, 2.24) is 5.32 Å². The van der Waals surface area contributed by atoms with Gasteiger partial charge in [-0.1, -0.05) is 38.4 Å². The van der Waals surface area contributed by atoms with Gasteiger partial charge in [0.05, 0.1) is 10.4 Å². The molecule has 1 fully saturated rings. The molecule has 1 atom stereocenters. The van der Waals surface area contributed by atoms with Crippen LogP contribution in [-0.4, -0.2) is 16.9 Å². The summed E-state index contributed by atoms with van der Waals surface area (Å²) >= 11 is 4.99. The SMILES string of the molecule is CCC(C)(C(=O)NC1CCCCC1)C(N)=S. The molecule has 0 saturated heterocycles. The quantitative estimate of drug-likeness (QED) is 0.743. The maximum absolute atomic E-state index is 12.1. The second-order valence-corrected chi connectivity index (χ2v) is 5.30. The van der Waals surface area contributed by atoms with Crippen LogP contribution in [0, 0.1) is 5.41 Å². The summed E-state index contributed by atoms with van der Waals surface area (Å²) in [6.07, 6.45) is 6.53. The molecule has 0 aliphatic heterocycles. The lowest BCUT2D eigenvalue weighted by molar-refractivity contribution is -0.127. The van der Waals surface area contributed by atoms with Crippen molar-refractivity contribution in [2.45, 2.75) is 58.4 Å². The van der Waals surface area contributed by atoms with E-state index in [2.05, 4.69) is 5.32 Å². The van der Waals surface area contributed by atoms with Crippen LogP contribution in [0.1, 0.15) is 52.4 Å². The van der Waals surface area contributed by atoms with Crippen LogP contribution in [0.15, 0.2) is 0 Å². The average molecular weight is 242 g/mol. The van der Waals surface area contributed by atoms with Crippen LogP contribution in [0.3, 0.4) is 0 Å². The van der Waals surface area contributed by atoms with E-state index in [4.69, 9.17) is 18.0 Å². The van der Waals surface area contributed by atoms with Crippen LogP contribution in [0.4, 0.5) is 0 Å². The third kappa shape index (κ3) is 2.94. The van der Waals surface area contributed by atoms with Crippen LogP contribution in [0.5, 0.6) is 0 Å². The fraction of sp³-hybridized carbons (Fsp3) is 0.833. The molecule has 0 radical (unpaired) electrons. The van der Waals surface area contributed by atoms with Crippen molar-refractivity contribution < 1.29 is 4.79 Å². The van der Waals surface area contributed by atoms with Crippen molar-refractivity contribution in [2.75, 3.05) is 0 Å². The smallest absolute Gasteiger partial charge is 0.232 e. The first kappa shape index (κ1) is 13.4. The van der Waals surface area contributed by atoms with E-state index in [0.717, 1.165) is 12.8 Å². The molecule has 1 amide bonds. The molecule has 0 aromatic rings. The van der Waals surface area contributed by atoms with E-state index >= 15 is 0 Å². The number of hydrogen-bond acceptors (Lipinski definition) is 2. The van der Waals surface area contributed by atoms with Gasteiger partial charge in [0.1, 0.15) is 0 Å². The molecule has 1 rings (SSSR count). The van der Waals surface area contributed by atoms with E-state index in [0.29, 0.717) is 17.5 Å². The third-order valence-electron chi connectivity index (χ3n) is 3.69. The summed E-state index contributed by atoms with van der Waals surface area (Å²) in [6.45, 7) is 3.77. The van der Waals surface area contributed by atoms with Gasteiger partial charge in [-0.25, -0.2) is 0 Å². The molecular weight excluding hydrogens is 220 g/mol. The van der Waals surface area contributed by atoms with E-state index in [1.807, 2.05) is 13.8 Å². The molecule has 16 heavy (non-hydrogen) atoms. The van der Waals surface area contributed by atoms with Crippen molar-refractivity contribution in [1.29, 1.82) is 0 Å². The highest BCUT2D eigenvalue weighted by Crippen LogP contribution is 2.24. The molecule has 0 heterocycles. The molecule has 92 valence electrons. The number of thiocarbonyl (C=S) groups is 1. The summed E-state index contributed by atoms with van der Waals surface area (Å²) in [5.41, 5.74) is 4.97. The Morgan fingerprint density at radius 3 is 2.44 bits per heavy atom. The normalized spacial score (nSPS) is 21.1. The Morgan fingerprint density at radius 2 is 2.00 bits per heavy atom. The van der Waals surface area contributed by atoms with Crippen LogP contribution in [0.25, 0.3) is 0 Å². The van der Waals surface area contributed by atoms with Gasteiger partial charge < -0.3 is 11.1 Å². The van der Waals surface area contributed by atoms with Crippen molar-refractivity contribution >= 4 is 23.1 Å². The monoisotopic (exact) mass is 242 g/mol. The first-order valence-corrected chi connectivity index (χ1v) is 6.52. The van der Waals surface area contributed by atoms with Gasteiger partial charge in [-0.2, -0.15) is 0 Å². The largest absolute Gasteiger partial charge is 0.392 e. The maximum atomic E-state index is 12.1. The van der Waals surface area contributed by atoms with Gasteiger partial charge in [-0.15, -0.1) is 0 Å². The van der Waals surface area contributed by atoms with Gasteiger partial charge in [0.25, 0.3) is 0 Å². The minimum absolute atomic E-state index is 0.00519. The molecule has 0 aromatic carbocycles. The second kappa shape index (κ2) is 5.62. The van der Waals surface area contributed by atoms with Crippen LogP contribution in [-0.2, 0) is 4.79 Å². The zero-order valence-electron chi connectivity index (χ0n) is 10.2. The number of carbonyl (C=O) groups excluding carboxylic acids is 1. The Bertz CT molecular complexity index is 274. The summed E-state index contributed by atoms with van der Waals surface area (Å²) in [5, 5.41) is 3.09. The second-order valence-electron chi connectivity index (χ2n) is 4.86. The maximum Gasteiger partial charge on any atom is 0.232 e. The standard InChI is InChI=1S/C12H22N2OS/c1-3-12(2,10(13)16)11(15)14-9-7-5-4-6-8-9/h9H,3-8H2,1-2H3,(H2,13,16)(H,14,15). The van der Waals surface area contributed by atoms with Crippen molar-refractivity contribution in [3.8, 4) is 0 Å². The van der Waals surface area contributed by atoms with Gasteiger partial charge in [0.2, 0.25) is 5.91 Å². The summed E-state index contributed by atoms with van der Waals surface area (Å²) in [5.74, 6) is -0.00519. The average Bonchev–Trinajstić information content (AvgIpc) is 2.28. The Balaban J connectivity index is 2.58. The van der Waals surface area contributed by atoms with Gasteiger partial charge in [0.15, 0.2) is 0 Å². The van der Waals surface area contributed by atoms with E-state index in [9.17, 15) is 4.79 Å². The van der Waals surface area contributed by atoms with Crippen molar-refractivity contribution in [3.63, 3.8) is 0 Å². The van der Waals surface area contributed by atoms with E-state index in [1.54, 1.807) is 0 Å². The lowest BCUT2D eigenvalue weighted by Gasteiger charge is -2.30. The van der Waals surface area contributed by atoms with E-state index in [-0.39, 0.29) is 5.91 Å². The van der Waals surface area contributed by atoms with Crippen LogP contribution >= 0.6 is 12.2 Å². The van der Waals surface area contributed by atoms with Gasteiger partial charge in [-0.3, -0.25) is 4.79 Å². The van der Waals surface area contributed by atoms with Gasteiger partial charge in [-0.05, 0) is 26.2 Å². The molecule has 0 bridgehead atoms. The lowest BCUT2D eigenvalue weighted by Crippen LogP contribution is -2.50. The van der Waals surface area contributed by atoms with Crippen molar-refractivity contribution in [3.05, 3.63) is 0 Å². The third-order valence-corrected chi connectivity index (χ3v) is 4.14. The molecule has 3 N–H and O–H groups in total. The first-order valence-electron chi connectivity index (χ1n) is 6.11. The van der Waals surface area contributed by atoms with Crippen LogP contribution in [0.2, 0.25) is 0 Å². The predicted molar refractivity (Wildman–Crippen MR) is 70.2 cm³/mol. The molecule has 1 unspecified atom stereocenters. The zero-order valence-corrected chi connectivity index (χ0v) is 11.0. The molecule has 1 aliphatic carbocycles. The molecule has 0 aromatic heterocycles. The highest BCUT2D eigenvalue weighted by molar-refractivity contribution is 7.80. The molecular formula is C12H22N2OS. The Morgan fingerprint density at radius 1 is 1.44 bits per heavy atom. The van der Waals surface area contributed by atoms with E-state index in [1.165, 1.54) is 19.3 Å². The minimum atomic E-state index is -0.688. The van der Waals surface area contributed by atoms with Crippen LogP contribution < -0.4 is 11.1 Å². The predicted octanol–water partition coefficient (Wildman–Crippen LogP) is 2.14. The zero-order chi connectivity index (χ0) is 12.2. The van der Waals surface area contributed by atoms with Crippen molar-refractivity contribution in [2.24, 2.45) is 11.1 Å². The lowest BCUT2D eigenvalue weighted by atomic mass is 9.85. The fourth-order valence-electron chi connectivity index (χ4n) is 2.04. The number of rotatable bonds is 4. The summed E-state index contributed by atoms with van der Waals surface area (Å²) < 4.78 is 0. The molecule has 4 heteroatoms. The number of amides is 1. The number of carbonyl (C=O) groups is 1. The number of hydrogen-bond donors (Lipinski definition) is 2. The molecule has 1 aliphatic rings. The molecule has 1 saturated carbocycles. The summed E-state index contributed by atoms with van der Waals surface area (Å²) in [4.78, 5) is 12.4. The Kier molecular flexibility index (Phi) is 4.71. The Labute approximate surface area is 103 Å².